The van der Waals surface area contributed by atoms with Gasteiger partial charge >= 0.3 is 0 Å². The average molecular weight is 274 g/mol. The minimum atomic E-state index is -1.11. The molecular weight excluding hydrogens is 254 g/mol. The number of carboxylic acid groups (broad SMARTS) is 1. The van der Waals surface area contributed by atoms with Crippen molar-refractivity contribution in [2.45, 2.75) is 39.0 Å². The van der Waals surface area contributed by atoms with Gasteiger partial charge in [-0.05, 0) is 37.0 Å². The molecule has 4 nitrogen and oxygen atoms in total. The molecule has 1 N–H and O–H groups in total. The quantitative estimate of drug-likeness (QED) is 0.909. The summed E-state index contributed by atoms with van der Waals surface area (Å²) < 4.78 is 0. The lowest BCUT2D eigenvalue weighted by molar-refractivity contribution is -0.313. The first kappa shape index (κ1) is 14.6. The number of aliphatic carboxylic acids is 1. The Kier molecular flexibility index (Phi) is 4.77. The molecule has 1 aliphatic carbocycles. The van der Waals surface area contributed by atoms with Crippen LogP contribution in [0.1, 0.15) is 38.2 Å². The fourth-order valence-electron chi connectivity index (χ4n) is 2.79. The van der Waals surface area contributed by atoms with Crippen LogP contribution in [0.2, 0.25) is 0 Å². The molecule has 0 aromatic heterocycles. The molecule has 1 aromatic carbocycles. The predicted octanol–water partition coefficient (Wildman–Crippen LogP) is 1.74. The molecule has 2 rings (SSSR count). The highest BCUT2D eigenvalue weighted by Crippen LogP contribution is 2.30. The topological polar surface area (TPSA) is 69.2 Å². The summed E-state index contributed by atoms with van der Waals surface area (Å²) >= 11 is 0. The van der Waals surface area contributed by atoms with Gasteiger partial charge in [0.1, 0.15) is 0 Å². The summed E-state index contributed by atoms with van der Waals surface area (Å²) in [6.07, 6.45) is 3.86. The van der Waals surface area contributed by atoms with Gasteiger partial charge in [-0.15, -0.1) is 0 Å². The van der Waals surface area contributed by atoms with Crippen molar-refractivity contribution in [1.29, 1.82) is 0 Å². The van der Waals surface area contributed by atoms with Gasteiger partial charge in [0, 0.05) is 23.5 Å². The number of carbonyl (C=O) groups excluding carboxylic acids is 2. The fraction of sp³-hybridized carbons (Fsp3) is 0.500. The largest absolute Gasteiger partial charge is 0.550 e. The van der Waals surface area contributed by atoms with Crippen molar-refractivity contribution in [3.63, 3.8) is 0 Å². The third-order valence-corrected chi connectivity index (χ3v) is 4.04. The van der Waals surface area contributed by atoms with Crippen molar-refractivity contribution < 1.29 is 14.7 Å². The van der Waals surface area contributed by atoms with Crippen LogP contribution in [0.25, 0.3) is 0 Å². The molecule has 1 saturated carbocycles. The van der Waals surface area contributed by atoms with E-state index in [9.17, 15) is 14.7 Å². The van der Waals surface area contributed by atoms with E-state index in [1.54, 1.807) is 0 Å². The van der Waals surface area contributed by atoms with E-state index in [0.29, 0.717) is 12.8 Å². The van der Waals surface area contributed by atoms with Crippen LogP contribution in [0, 0.1) is 11.8 Å². The van der Waals surface area contributed by atoms with E-state index in [-0.39, 0.29) is 5.91 Å². The zero-order chi connectivity index (χ0) is 14.5. The Morgan fingerprint density at radius 1 is 1.15 bits per heavy atom. The van der Waals surface area contributed by atoms with Crippen LogP contribution in [0.3, 0.4) is 0 Å². The maximum absolute atomic E-state index is 12.2. The zero-order valence-corrected chi connectivity index (χ0v) is 11.7. The lowest BCUT2D eigenvalue weighted by Gasteiger charge is -2.31. The first-order chi connectivity index (χ1) is 9.61. The lowest BCUT2D eigenvalue weighted by Crippen LogP contribution is -2.42. The van der Waals surface area contributed by atoms with E-state index < -0.39 is 17.8 Å². The minimum absolute atomic E-state index is 0.205. The fourth-order valence-corrected chi connectivity index (χ4v) is 2.79. The van der Waals surface area contributed by atoms with Crippen LogP contribution in [-0.2, 0) is 16.0 Å². The molecule has 1 amide bonds. The van der Waals surface area contributed by atoms with Gasteiger partial charge in [-0.1, -0.05) is 31.9 Å². The van der Waals surface area contributed by atoms with E-state index in [1.165, 1.54) is 5.56 Å². The maximum Gasteiger partial charge on any atom is 0.228 e. The molecule has 0 saturated heterocycles. The molecule has 0 heterocycles. The first-order valence-corrected chi connectivity index (χ1v) is 7.22. The summed E-state index contributed by atoms with van der Waals surface area (Å²) in [5.41, 5.74) is 1.92. The monoisotopic (exact) mass is 274 g/mol. The molecule has 0 bridgehead atoms. The summed E-state index contributed by atoms with van der Waals surface area (Å²) in [5.74, 6) is -2.44. The van der Waals surface area contributed by atoms with Gasteiger partial charge in [-0.25, -0.2) is 0 Å². The second-order valence-corrected chi connectivity index (χ2v) is 5.36. The maximum atomic E-state index is 12.2. The number of nitrogens with one attached hydrogen (secondary N) is 1. The summed E-state index contributed by atoms with van der Waals surface area (Å²) in [6.45, 7) is 2.07. The van der Waals surface area contributed by atoms with Gasteiger partial charge in [-0.2, -0.15) is 0 Å². The molecule has 0 spiro atoms. The molecule has 20 heavy (non-hydrogen) atoms. The highest BCUT2D eigenvalue weighted by atomic mass is 16.4. The number of carbonyl (C=O) groups is 2. The number of carboxylic acids is 1. The van der Waals surface area contributed by atoms with E-state index in [1.807, 2.05) is 24.3 Å². The first-order valence-electron chi connectivity index (χ1n) is 7.22. The second-order valence-electron chi connectivity index (χ2n) is 5.36. The summed E-state index contributed by atoms with van der Waals surface area (Å²) in [5, 5.41) is 13.9. The third-order valence-electron chi connectivity index (χ3n) is 4.04. The van der Waals surface area contributed by atoms with Gasteiger partial charge in [0.25, 0.3) is 0 Å². The van der Waals surface area contributed by atoms with E-state index in [4.69, 9.17) is 0 Å². The van der Waals surface area contributed by atoms with Crippen molar-refractivity contribution >= 4 is 17.6 Å². The van der Waals surface area contributed by atoms with Crippen LogP contribution < -0.4 is 10.4 Å². The molecule has 1 aromatic rings. The van der Waals surface area contributed by atoms with Crippen molar-refractivity contribution in [1.82, 2.24) is 0 Å². The summed E-state index contributed by atoms with van der Waals surface area (Å²) in [7, 11) is 0. The second kappa shape index (κ2) is 6.55. The predicted molar refractivity (Wildman–Crippen MR) is 74.9 cm³/mol. The smallest absolute Gasteiger partial charge is 0.228 e. The van der Waals surface area contributed by atoms with Crippen LogP contribution in [0.5, 0.6) is 0 Å². The zero-order valence-electron chi connectivity index (χ0n) is 11.7. The van der Waals surface area contributed by atoms with E-state index in [2.05, 4.69) is 12.2 Å². The Labute approximate surface area is 119 Å². The Morgan fingerprint density at radius 2 is 1.75 bits per heavy atom. The molecule has 1 fully saturated rings. The highest BCUT2D eigenvalue weighted by molar-refractivity contribution is 5.95. The molecular formula is C16H20NO3-. The molecule has 1 aliphatic rings. The van der Waals surface area contributed by atoms with Gasteiger partial charge in [0.05, 0.1) is 0 Å². The third kappa shape index (κ3) is 3.38. The average Bonchev–Trinajstić information content (AvgIpc) is 2.48. The number of amides is 1. The van der Waals surface area contributed by atoms with Crippen LogP contribution in [-0.4, -0.2) is 11.9 Å². The molecule has 0 radical (unpaired) electrons. The lowest BCUT2D eigenvalue weighted by atomic mass is 9.78. The SMILES string of the molecule is CCc1ccc(NC(=O)[C@@H]2CCCC[C@@H]2C(=O)[O-])cc1. The van der Waals surface area contributed by atoms with Gasteiger partial charge in [-0.3, -0.25) is 4.79 Å². The highest BCUT2D eigenvalue weighted by Gasteiger charge is 2.31. The Bertz CT molecular complexity index is 481. The molecule has 4 heteroatoms. The van der Waals surface area contributed by atoms with Crippen molar-refractivity contribution in [2.24, 2.45) is 11.8 Å². The van der Waals surface area contributed by atoms with Crippen molar-refractivity contribution in [3.8, 4) is 0 Å². The van der Waals surface area contributed by atoms with Crippen LogP contribution in [0.4, 0.5) is 5.69 Å². The number of anilines is 1. The number of hydrogen-bond acceptors (Lipinski definition) is 3. The Hall–Kier alpha value is -1.84. The van der Waals surface area contributed by atoms with Crippen LogP contribution in [0.15, 0.2) is 24.3 Å². The minimum Gasteiger partial charge on any atom is -0.550 e. The standard InChI is InChI=1S/C16H21NO3/c1-2-11-7-9-12(10-8-11)17-15(18)13-5-3-4-6-14(13)16(19)20/h7-10,13-14H,2-6H2,1H3,(H,17,18)(H,19,20)/p-1/t13-,14+/m1/s1. The molecule has 2 atom stereocenters. The van der Waals surface area contributed by atoms with E-state index >= 15 is 0 Å². The molecule has 0 aliphatic heterocycles. The summed E-state index contributed by atoms with van der Waals surface area (Å²) in [4.78, 5) is 23.3. The van der Waals surface area contributed by atoms with Gasteiger partial charge in [0.2, 0.25) is 5.91 Å². The number of aryl methyl sites for hydroxylation is 1. The number of hydrogen-bond donors (Lipinski definition) is 1. The molecule has 0 unspecified atom stereocenters. The Balaban J connectivity index is 2.03. The van der Waals surface area contributed by atoms with Gasteiger partial charge in [0.15, 0.2) is 0 Å². The van der Waals surface area contributed by atoms with Gasteiger partial charge < -0.3 is 15.2 Å². The number of benzene rings is 1. The summed E-state index contributed by atoms with van der Waals surface area (Å²) in [6, 6.07) is 7.64. The Morgan fingerprint density at radius 3 is 2.30 bits per heavy atom. The number of rotatable bonds is 4. The van der Waals surface area contributed by atoms with Crippen molar-refractivity contribution in [3.05, 3.63) is 29.8 Å². The van der Waals surface area contributed by atoms with E-state index in [0.717, 1.165) is 24.9 Å². The van der Waals surface area contributed by atoms with Crippen molar-refractivity contribution in [2.75, 3.05) is 5.32 Å². The normalized spacial score (nSPS) is 22.2. The van der Waals surface area contributed by atoms with Crippen LogP contribution >= 0.6 is 0 Å². The molecule has 108 valence electrons.